The Balaban J connectivity index is 1.96. The number of hydrogen-bond donors (Lipinski definition) is 0. The van der Waals surface area contributed by atoms with Gasteiger partial charge in [0.05, 0.1) is 0 Å². The number of aromatic nitrogens is 1. The molecule has 1 aromatic heterocycles. The molecule has 3 aromatic rings. The summed E-state index contributed by atoms with van der Waals surface area (Å²) < 4.78 is 4.15. The molecule has 98 valence electrons. The normalized spacial score (nSPS) is 10.7. The first-order chi connectivity index (χ1) is 9.93. The van der Waals surface area contributed by atoms with Gasteiger partial charge >= 0.3 is 127 Å². The van der Waals surface area contributed by atoms with Crippen molar-refractivity contribution in [1.82, 2.24) is 4.98 Å². The molecule has 0 atom stereocenters. The molecule has 1 nitrogen and oxygen atoms in total. The van der Waals surface area contributed by atoms with Gasteiger partial charge in [0.15, 0.2) is 0 Å². The Hall–Kier alpha value is -1.59. The van der Waals surface area contributed by atoms with Crippen LogP contribution in [0, 0.1) is 0 Å². The van der Waals surface area contributed by atoms with Crippen molar-refractivity contribution in [2.45, 2.75) is 4.37 Å². The molecule has 0 N–H and O–H groups in total. The number of pyridine rings is 1. The number of rotatable bonds is 4. The second kappa shape index (κ2) is 6.72. The van der Waals surface area contributed by atoms with Gasteiger partial charge in [-0.1, -0.05) is 0 Å². The molecule has 0 amide bonds. The third kappa shape index (κ3) is 3.29. The van der Waals surface area contributed by atoms with Gasteiger partial charge in [-0.3, -0.25) is 0 Å². The van der Waals surface area contributed by atoms with Crippen LogP contribution in [0.3, 0.4) is 0 Å². The Morgan fingerprint density at radius 3 is 1.70 bits per heavy atom. The fraction of sp³-hybridized carbons (Fsp3) is 0.0556. The quantitative estimate of drug-likeness (QED) is 0.645. The van der Waals surface area contributed by atoms with Crippen molar-refractivity contribution in [3.8, 4) is 0 Å². The summed E-state index contributed by atoms with van der Waals surface area (Å²) in [6, 6.07) is 28.1. The van der Waals surface area contributed by atoms with Crippen molar-refractivity contribution in [3.05, 3.63) is 90.8 Å². The molecule has 0 aliphatic rings. The van der Waals surface area contributed by atoms with Crippen LogP contribution in [0.1, 0.15) is 5.69 Å². The predicted octanol–water partition coefficient (Wildman–Crippen LogP) is 2.47. The Morgan fingerprint density at radius 2 is 1.20 bits per heavy atom. The van der Waals surface area contributed by atoms with E-state index in [2.05, 4.69) is 77.8 Å². The van der Waals surface area contributed by atoms with Gasteiger partial charge in [0.25, 0.3) is 0 Å². The first-order valence-electron chi connectivity index (χ1n) is 6.71. The van der Waals surface area contributed by atoms with E-state index in [1.807, 2.05) is 12.3 Å². The Bertz CT molecular complexity index is 599. The van der Waals surface area contributed by atoms with E-state index >= 15 is 0 Å². The minimum absolute atomic E-state index is 1.11. The monoisotopic (exact) mass is 367 g/mol. The van der Waals surface area contributed by atoms with Gasteiger partial charge in [0, 0.05) is 0 Å². The molecule has 0 radical (unpaired) electrons. The summed E-state index contributed by atoms with van der Waals surface area (Å²) in [4.78, 5) is 4.52. The summed E-state index contributed by atoms with van der Waals surface area (Å²) in [5.74, 6) is 0. The minimum atomic E-state index is -1.75. The molecule has 2 aromatic carbocycles. The van der Waals surface area contributed by atoms with Crippen molar-refractivity contribution in [2.75, 3.05) is 0 Å². The van der Waals surface area contributed by atoms with Crippen LogP contribution in [0.4, 0.5) is 0 Å². The topological polar surface area (TPSA) is 12.9 Å². The Morgan fingerprint density at radius 1 is 0.650 bits per heavy atom. The second-order valence-corrected chi connectivity index (χ2v) is 10.9. The molecule has 0 fully saturated rings. The van der Waals surface area contributed by atoms with E-state index in [1.165, 1.54) is 12.7 Å². The average Bonchev–Trinajstić information content (AvgIpc) is 2.55. The van der Waals surface area contributed by atoms with Crippen LogP contribution in [-0.2, 0) is 4.37 Å². The zero-order valence-electron chi connectivity index (χ0n) is 11.2. The van der Waals surface area contributed by atoms with Crippen molar-refractivity contribution in [1.29, 1.82) is 0 Å². The molecule has 3 rings (SSSR count). The first-order valence-corrected chi connectivity index (χ1v) is 11.1. The van der Waals surface area contributed by atoms with Crippen LogP contribution in [-0.4, -0.2) is 25.2 Å². The maximum atomic E-state index is 4.52. The van der Waals surface area contributed by atoms with Gasteiger partial charge in [-0.15, -0.1) is 0 Å². The van der Waals surface area contributed by atoms with E-state index < -0.39 is 20.2 Å². The molecule has 0 spiro atoms. The van der Waals surface area contributed by atoms with Gasteiger partial charge in [-0.05, 0) is 0 Å². The van der Waals surface area contributed by atoms with Crippen molar-refractivity contribution >= 4 is 27.2 Å². The fourth-order valence-electron chi connectivity index (χ4n) is 2.20. The van der Waals surface area contributed by atoms with Crippen molar-refractivity contribution < 1.29 is 0 Å². The summed E-state index contributed by atoms with van der Waals surface area (Å²) in [7, 11) is 0. The molecule has 0 aliphatic carbocycles. The zero-order chi connectivity index (χ0) is 13.6. The van der Waals surface area contributed by atoms with Gasteiger partial charge in [-0.2, -0.15) is 0 Å². The van der Waals surface area contributed by atoms with Gasteiger partial charge in [-0.25, -0.2) is 0 Å². The third-order valence-electron chi connectivity index (χ3n) is 3.18. The summed E-state index contributed by atoms with van der Waals surface area (Å²) in [6.45, 7) is 0. The van der Waals surface area contributed by atoms with Gasteiger partial charge in [0.1, 0.15) is 0 Å². The molecule has 0 saturated carbocycles. The Labute approximate surface area is 127 Å². The van der Waals surface area contributed by atoms with E-state index in [0.29, 0.717) is 0 Å². The van der Waals surface area contributed by atoms with Crippen LogP contribution in [0.5, 0.6) is 0 Å². The SMILES string of the molecule is c1cc[c]([Sb]([CH2]c2ccccn2)[c]2ccccc2)cc1. The van der Waals surface area contributed by atoms with E-state index in [4.69, 9.17) is 0 Å². The number of hydrogen-bond acceptors (Lipinski definition) is 1. The summed E-state index contributed by atoms with van der Waals surface area (Å²) in [5, 5.41) is 0. The molecule has 20 heavy (non-hydrogen) atoms. The van der Waals surface area contributed by atoms with E-state index in [0.717, 1.165) is 4.37 Å². The molecule has 0 bridgehead atoms. The zero-order valence-corrected chi connectivity index (χ0v) is 13.7. The van der Waals surface area contributed by atoms with Crippen LogP contribution in [0.2, 0.25) is 0 Å². The number of nitrogens with zero attached hydrogens (tertiary/aromatic N) is 1. The van der Waals surface area contributed by atoms with Crippen molar-refractivity contribution in [3.63, 3.8) is 0 Å². The Kier molecular flexibility index (Phi) is 4.50. The molecule has 2 heteroatoms. The maximum absolute atomic E-state index is 4.52. The molecular weight excluding hydrogens is 352 g/mol. The summed E-state index contributed by atoms with van der Waals surface area (Å²) >= 11 is -1.75. The summed E-state index contributed by atoms with van der Waals surface area (Å²) in [5.41, 5.74) is 1.21. The average molecular weight is 368 g/mol. The van der Waals surface area contributed by atoms with Crippen LogP contribution in [0.15, 0.2) is 85.1 Å². The van der Waals surface area contributed by atoms with Gasteiger partial charge in [0.2, 0.25) is 0 Å². The van der Waals surface area contributed by atoms with E-state index in [1.54, 1.807) is 0 Å². The predicted molar refractivity (Wildman–Crippen MR) is 85.8 cm³/mol. The van der Waals surface area contributed by atoms with Gasteiger partial charge < -0.3 is 0 Å². The van der Waals surface area contributed by atoms with Crippen LogP contribution < -0.4 is 7.02 Å². The van der Waals surface area contributed by atoms with E-state index in [9.17, 15) is 0 Å². The number of benzene rings is 2. The molecule has 1 heterocycles. The third-order valence-corrected chi connectivity index (χ3v) is 10.3. The molecule has 0 saturated heterocycles. The fourth-order valence-corrected chi connectivity index (χ4v) is 8.59. The molecule has 0 aliphatic heterocycles. The summed E-state index contributed by atoms with van der Waals surface area (Å²) in [6.07, 6.45) is 1.89. The van der Waals surface area contributed by atoms with E-state index in [-0.39, 0.29) is 0 Å². The molecule has 0 unspecified atom stereocenters. The van der Waals surface area contributed by atoms with Crippen LogP contribution >= 0.6 is 0 Å². The standard InChI is InChI=1S/C6H6N.2C6H5.Sb/c1-6-4-2-3-5-7-6;2*1-2-4-6-5-3-1;/h2-5H,1H2;2*1-5H;. The van der Waals surface area contributed by atoms with Crippen molar-refractivity contribution in [2.24, 2.45) is 0 Å². The van der Waals surface area contributed by atoms with Crippen LogP contribution in [0.25, 0.3) is 0 Å². The molecular formula is C18H16NSb. The second-order valence-electron chi connectivity index (χ2n) is 4.58. The first kappa shape index (κ1) is 13.4.